The Morgan fingerprint density at radius 3 is 1.64 bits per heavy atom. The fourth-order valence-electron chi connectivity index (χ4n) is 8.20. The highest BCUT2D eigenvalue weighted by molar-refractivity contribution is 6.16. The predicted molar refractivity (Wildman–Crippen MR) is 231 cm³/mol. The SMILES string of the molecule is c1ccc(-c2ccc3oc4c(-c5ccccc5)cc(-n5c6ccccc6c6c(-c7nc(-c8ccccc8)cc(-c8ccccc8)n7)cccc65)cc4c3c2)cc1. The van der Waals surface area contributed by atoms with E-state index < -0.39 is 0 Å². The van der Waals surface area contributed by atoms with Crippen molar-refractivity contribution < 1.29 is 4.42 Å². The van der Waals surface area contributed by atoms with Crippen LogP contribution in [0.3, 0.4) is 0 Å². The number of hydrogen-bond donors (Lipinski definition) is 0. The van der Waals surface area contributed by atoms with Gasteiger partial charge >= 0.3 is 0 Å². The van der Waals surface area contributed by atoms with E-state index in [-0.39, 0.29) is 0 Å². The first-order valence-corrected chi connectivity index (χ1v) is 18.9. The van der Waals surface area contributed by atoms with Gasteiger partial charge in [-0.25, -0.2) is 9.97 Å². The Bertz CT molecular complexity index is 3160. The molecule has 0 atom stereocenters. The van der Waals surface area contributed by atoms with Crippen molar-refractivity contribution in [1.82, 2.24) is 14.5 Å². The summed E-state index contributed by atoms with van der Waals surface area (Å²) in [5.74, 6) is 0.688. The average Bonchev–Trinajstić information content (AvgIpc) is 3.82. The fraction of sp³-hybridized carbons (Fsp3) is 0. The minimum absolute atomic E-state index is 0.688. The number of para-hydroxylation sites is 1. The van der Waals surface area contributed by atoms with Gasteiger partial charge in [0.05, 0.1) is 22.4 Å². The highest BCUT2D eigenvalue weighted by atomic mass is 16.3. The first kappa shape index (κ1) is 31.9. The van der Waals surface area contributed by atoms with Gasteiger partial charge < -0.3 is 8.98 Å². The molecule has 0 amide bonds. The number of benzene rings is 8. The van der Waals surface area contributed by atoms with Crippen LogP contribution in [-0.2, 0) is 0 Å². The van der Waals surface area contributed by atoms with Crippen LogP contribution in [0.4, 0.5) is 0 Å². The van der Waals surface area contributed by atoms with E-state index in [0.717, 1.165) is 94.2 Å². The lowest BCUT2D eigenvalue weighted by Gasteiger charge is -2.12. The summed E-state index contributed by atoms with van der Waals surface area (Å²) < 4.78 is 9.11. The van der Waals surface area contributed by atoms with Crippen molar-refractivity contribution in [2.75, 3.05) is 0 Å². The predicted octanol–water partition coefficient (Wildman–Crippen LogP) is 13.8. The molecular weight excluding hydrogens is 683 g/mol. The number of fused-ring (bicyclic) bond motifs is 6. The van der Waals surface area contributed by atoms with E-state index in [1.807, 2.05) is 12.1 Å². The van der Waals surface area contributed by atoms with E-state index in [2.05, 4.69) is 193 Å². The lowest BCUT2D eigenvalue weighted by molar-refractivity contribution is 0.670. The van der Waals surface area contributed by atoms with E-state index in [9.17, 15) is 0 Å². The Hall–Kier alpha value is -7.56. The summed E-state index contributed by atoms with van der Waals surface area (Å²) in [7, 11) is 0. The molecule has 4 heteroatoms. The maximum atomic E-state index is 6.72. The zero-order chi connectivity index (χ0) is 37.0. The van der Waals surface area contributed by atoms with Gasteiger partial charge in [0.15, 0.2) is 5.82 Å². The van der Waals surface area contributed by atoms with Crippen LogP contribution in [-0.4, -0.2) is 14.5 Å². The number of furan rings is 1. The molecule has 0 bridgehead atoms. The maximum Gasteiger partial charge on any atom is 0.161 e. The number of aromatic nitrogens is 3. The van der Waals surface area contributed by atoms with Crippen molar-refractivity contribution >= 4 is 43.7 Å². The third-order valence-electron chi connectivity index (χ3n) is 10.8. The van der Waals surface area contributed by atoms with Crippen molar-refractivity contribution in [3.8, 4) is 61.8 Å². The zero-order valence-corrected chi connectivity index (χ0v) is 30.3. The van der Waals surface area contributed by atoms with Crippen LogP contribution in [0.5, 0.6) is 0 Å². The van der Waals surface area contributed by atoms with Crippen molar-refractivity contribution in [1.29, 1.82) is 0 Å². The Kier molecular flexibility index (Phi) is 7.46. The lowest BCUT2D eigenvalue weighted by atomic mass is 9.99. The molecule has 11 aromatic rings. The molecule has 4 nitrogen and oxygen atoms in total. The Balaban J connectivity index is 1.19. The quantitative estimate of drug-likeness (QED) is 0.172. The van der Waals surface area contributed by atoms with Crippen LogP contribution >= 0.6 is 0 Å². The highest BCUT2D eigenvalue weighted by Crippen LogP contribution is 2.43. The minimum Gasteiger partial charge on any atom is -0.455 e. The second kappa shape index (κ2) is 13.1. The summed E-state index contributed by atoms with van der Waals surface area (Å²) in [6.45, 7) is 0. The molecule has 0 saturated heterocycles. The number of nitrogens with zero attached hydrogens (tertiary/aromatic N) is 3. The summed E-state index contributed by atoms with van der Waals surface area (Å²) in [6, 6.07) is 70.1. The van der Waals surface area contributed by atoms with Gasteiger partial charge in [-0.05, 0) is 59.2 Å². The summed E-state index contributed by atoms with van der Waals surface area (Å²) in [4.78, 5) is 10.5. The second-order valence-electron chi connectivity index (χ2n) is 14.2. The van der Waals surface area contributed by atoms with Crippen LogP contribution < -0.4 is 0 Å². The Morgan fingerprint density at radius 2 is 0.964 bits per heavy atom. The second-order valence-corrected chi connectivity index (χ2v) is 14.2. The zero-order valence-electron chi connectivity index (χ0n) is 30.3. The molecule has 3 aromatic heterocycles. The number of rotatable bonds is 6. The van der Waals surface area contributed by atoms with E-state index >= 15 is 0 Å². The molecule has 0 radical (unpaired) electrons. The van der Waals surface area contributed by atoms with Gasteiger partial charge in [-0.2, -0.15) is 0 Å². The first-order valence-electron chi connectivity index (χ1n) is 18.9. The molecule has 11 rings (SSSR count). The molecular formula is C52H33N3O. The van der Waals surface area contributed by atoms with Gasteiger partial charge in [0.2, 0.25) is 0 Å². The van der Waals surface area contributed by atoms with Gasteiger partial charge in [-0.1, -0.05) is 158 Å². The summed E-state index contributed by atoms with van der Waals surface area (Å²) in [5.41, 5.74) is 14.3. The Labute approximate surface area is 323 Å². The Morgan fingerprint density at radius 1 is 0.375 bits per heavy atom. The third kappa shape index (κ3) is 5.31. The molecule has 0 aliphatic carbocycles. The molecule has 0 N–H and O–H groups in total. The normalized spacial score (nSPS) is 11.6. The number of hydrogen-bond acceptors (Lipinski definition) is 3. The monoisotopic (exact) mass is 715 g/mol. The minimum atomic E-state index is 0.688. The third-order valence-corrected chi connectivity index (χ3v) is 10.8. The molecule has 3 heterocycles. The summed E-state index contributed by atoms with van der Waals surface area (Å²) in [5, 5.41) is 4.40. The van der Waals surface area contributed by atoms with Crippen molar-refractivity contribution in [2.45, 2.75) is 0 Å². The van der Waals surface area contributed by atoms with E-state index in [4.69, 9.17) is 14.4 Å². The molecule has 0 aliphatic rings. The first-order chi connectivity index (χ1) is 27.8. The molecule has 262 valence electrons. The standard InChI is InChI=1S/C52H33N3O/c1-5-16-34(17-6-1)38-28-29-49-43(30-38)44-32-39(31-42(51(44)56-49)35-18-7-2-8-19-35)55-47-26-14-13-24-40(47)50-41(25-15-27-48(50)55)52-53-45(36-20-9-3-10-21-36)33-46(54-52)37-22-11-4-12-23-37/h1-33H. The van der Waals surface area contributed by atoms with Crippen molar-refractivity contribution in [3.63, 3.8) is 0 Å². The smallest absolute Gasteiger partial charge is 0.161 e. The van der Waals surface area contributed by atoms with Crippen LogP contribution in [0, 0.1) is 0 Å². The van der Waals surface area contributed by atoms with Crippen LogP contribution in [0.15, 0.2) is 205 Å². The van der Waals surface area contributed by atoms with Gasteiger partial charge in [-0.3, -0.25) is 0 Å². The fourth-order valence-corrected chi connectivity index (χ4v) is 8.20. The van der Waals surface area contributed by atoms with Gasteiger partial charge in [0.1, 0.15) is 11.2 Å². The molecule has 0 fully saturated rings. The highest BCUT2D eigenvalue weighted by Gasteiger charge is 2.22. The molecule has 56 heavy (non-hydrogen) atoms. The van der Waals surface area contributed by atoms with Crippen molar-refractivity contribution in [3.05, 3.63) is 200 Å². The van der Waals surface area contributed by atoms with Crippen molar-refractivity contribution in [2.24, 2.45) is 0 Å². The lowest BCUT2D eigenvalue weighted by Crippen LogP contribution is -1.97. The summed E-state index contributed by atoms with van der Waals surface area (Å²) in [6.07, 6.45) is 0. The van der Waals surface area contributed by atoms with E-state index in [0.29, 0.717) is 5.82 Å². The largest absolute Gasteiger partial charge is 0.455 e. The molecule has 0 unspecified atom stereocenters. The average molecular weight is 716 g/mol. The molecule has 0 spiro atoms. The topological polar surface area (TPSA) is 43.9 Å². The molecule has 8 aromatic carbocycles. The van der Waals surface area contributed by atoms with Gasteiger partial charge in [0.25, 0.3) is 0 Å². The van der Waals surface area contributed by atoms with Gasteiger partial charge in [0, 0.05) is 49.5 Å². The van der Waals surface area contributed by atoms with Crippen LogP contribution in [0.1, 0.15) is 0 Å². The molecule has 0 saturated carbocycles. The van der Waals surface area contributed by atoms with Crippen LogP contribution in [0.2, 0.25) is 0 Å². The summed E-state index contributed by atoms with van der Waals surface area (Å²) >= 11 is 0. The van der Waals surface area contributed by atoms with E-state index in [1.54, 1.807) is 0 Å². The molecule has 0 aliphatic heterocycles. The maximum absolute atomic E-state index is 6.72. The van der Waals surface area contributed by atoms with Gasteiger partial charge in [-0.15, -0.1) is 0 Å². The van der Waals surface area contributed by atoms with E-state index in [1.165, 1.54) is 5.56 Å². The van der Waals surface area contributed by atoms with Crippen LogP contribution in [0.25, 0.3) is 106 Å².